The number of pyridine rings is 1. The lowest BCUT2D eigenvalue weighted by atomic mass is 10.1. The maximum absolute atomic E-state index is 14.1. The van der Waals surface area contributed by atoms with Gasteiger partial charge in [-0.25, -0.2) is 8.78 Å². The molecular weight excluding hydrogens is 338 g/mol. The number of para-hydroxylation sites is 1. The fraction of sp³-hybridized carbons (Fsp3) is 0.250. The number of benzene rings is 2. The van der Waals surface area contributed by atoms with Crippen LogP contribution in [0.15, 0.2) is 42.6 Å². The molecule has 0 fully saturated rings. The Bertz CT molecular complexity index is 911. The summed E-state index contributed by atoms with van der Waals surface area (Å²) in [7, 11) is 0. The lowest BCUT2D eigenvalue weighted by Crippen LogP contribution is -2.26. The fourth-order valence-electron chi connectivity index (χ4n) is 2.83. The molecule has 2 N–H and O–H groups in total. The monoisotopic (exact) mass is 358 g/mol. The van der Waals surface area contributed by atoms with Gasteiger partial charge in [0.2, 0.25) is 0 Å². The van der Waals surface area contributed by atoms with Crippen molar-refractivity contribution in [3.63, 3.8) is 0 Å². The zero-order valence-corrected chi connectivity index (χ0v) is 14.6. The second-order valence-electron chi connectivity index (χ2n) is 6.18. The van der Waals surface area contributed by atoms with E-state index in [1.54, 1.807) is 6.07 Å². The molecule has 0 spiro atoms. The van der Waals surface area contributed by atoms with Crippen LogP contribution in [0.4, 0.5) is 14.5 Å². The number of nitrogens with zero attached hydrogens (tertiary/aromatic N) is 1. The van der Waals surface area contributed by atoms with Crippen LogP contribution in [0, 0.1) is 25.5 Å². The summed E-state index contributed by atoms with van der Waals surface area (Å²) in [5, 5.41) is 13.2. The van der Waals surface area contributed by atoms with Crippen LogP contribution < -0.4 is 10.1 Å². The number of rotatable bonds is 6. The van der Waals surface area contributed by atoms with E-state index in [1.165, 1.54) is 6.20 Å². The Labute approximate surface area is 150 Å². The van der Waals surface area contributed by atoms with Crippen molar-refractivity contribution in [1.82, 2.24) is 4.98 Å². The van der Waals surface area contributed by atoms with E-state index in [2.05, 4.69) is 10.3 Å². The zero-order valence-electron chi connectivity index (χ0n) is 14.6. The molecule has 1 aromatic heterocycles. The summed E-state index contributed by atoms with van der Waals surface area (Å²) in [6.45, 7) is 4.08. The number of aliphatic hydroxyl groups excluding tert-OH is 1. The number of aromatic nitrogens is 1. The highest BCUT2D eigenvalue weighted by molar-refractivity contribution is 5.91. The van der Waals surface area contributed by atoms with Crippen LogP contribution in [0.5, 0.6) is 5.75 Å². The van der Waals surface area contributed by atoms with Gasteiger partial charge in [-0.1, -0.05) is 18.2 Å². The minimum Gasteiger partial charge on any atom is -0.490 e. The van der Waals surface area contributed by atoms with Crippen molar-refractivity contribution in [2.45, 2.75) is 20.0 Å². The maximum atomic E-state index is 14.1. The van der Waals surface area contributed by atoms with Crippen LogP contribution in [0.3, 0.4) is 0 Å². The maximum Gasteiger partial charge on any atom is 0.149 e. The van der Waals surface area contributed by atoms with Crippen molar-refractivity contribution in [1.29, 1.82) is 0 Å². The normalized spacial score (nSPS) is 12.2. The molecule has 0 aliphatic rings. The number of anilines is 1. The average Bonchev–Trinajstić information content (AvgIpc) is 2.62. The molecule has 4 nitrogen and oxygen atoms in total. The molecule has 136 valence electrons. The molecule has 0 aliphatic heterocycles. The predicted molar refractivity (Wildman–Crippen MR) is 97.6 cm³/mol. The summed E-state index contributed by atoms with van der Waals surface area (Å²) in [4.78, 5) is 3.88. The van der Waals surface area contributed by atoms with E-state index in [0.29, 0.717) is 5.69 Å². The summed E-state index contributed by atoms with van der Waals surface area (Å²) < 4.78 is 33.6. The van der Waals surface area contributed by atoms with Crippen molar-refractivity contribution in [3.05, 3.63) is 65.4 Å². The Morgan fingerprint density at radius 1 is 1.08 bits per heavy atom. The molecule has 1 heterocycles. The Balaban J connectivity index is 1.68. The Morgan fingerprint density at radius 3 is 2.50 bits per heavy atom. The van der Waals surface area contributed by atoms with Gasteiger partial charge < -0.3 is 15.2 Å². The third kappa shape index (κ3) is 3.75. The minimum absolute atomic E-state index is 0.0451. The van der Waals surface area contributed by atoms with Gasteiger partial charge >= 0.3 is 0 Å². The van der Waals surface area contributed by atoms with Crippen molar-refractivity contribution in [2.24, 2.45) is 0 Å². The quantitative estimate of drug-likeness (QED) is 0.700. The molecule has 6 heteroatoms. The van der Waals surface area contributed by atoms with E-state index in [9.17, 15) is 13.9 Å². The fourth-order valence-corrected chi connectivity index (χ4v) is 2.83. The molecule has 1 atom stereocenters. The van der Waals surface area contributed by atoms with Gasteiger partial charge in [-0.2, -0.15) is 0 Å². The number of aryl methyl sites for hydroxylation is 2. The molecular formula is C20H20F2N2O2. The van der Waals surface area contributed by atoms with Crippen LogP contribution in [0.2, 0.25) is 0 Å². The third-order valence-corrected chi connectivity index (χ3v) is 4.15. The molecule has 0 saturated heterocycles. The van der Waals surface area contributed by atoms with Gasteiger partial charge in [-0.3, -0.25) is 4.98 Å². The van der Waals surface area contributed by atoms with Crippen LogP contribution in [-0.4, -0.2) is 29.3 Å². The lowest BCUT2D eigenvalue weighted by molar-refractivity contribution is 0.117. The minimum atomic E-state index is -0.825. The number of nitrogens with one attached hydrogen (secondary N) is 1. The molecule has 0 radical (unpaired) electrons. The van der Waals surface area contributed by atoms with E-state index < -0.39 is 17.7 Å². The van der Waals surface area contributed by atoms with Gasteiger partial charge in [0, 0.05) is 18.4 Å². The van der Waals surface area contributed by atoms with Crippen molar-refractivity contribution in [2.75, 3.05) is 18.5 Å². The summed E-state index contributed by atoms with van der Waals surface area (Å²) >= 11 is 0. The SMILES string of the molecule is Cc1cccc(C)c1OCC(O)CNc1ccnc2c(F)ccc(F)c12. The summed E-state index contributed by atoms with van der Waals surface area (Å²) in [6.07, 6.45) is 0.570. The first-order valence-electron chi connectivity index (χ1n) is 8.31. The third-order valence-electron chi connectivity index (χ3n) is 4.15. The number of hydrogen-bond donors (Lipinski definition) is 2. The second-order valence-corrected chi connectivity index (χ2v) is 6.18. The van der Waals surface area contributed by atoms with Crippen molar-refractivity contribution in [3.8, 4) is 5.75 Å². The predicted octanol–water partition coefficient (Wildman–Crippen LogP) is 3.98. The van der Waals surface area contributed by atoms with E-state index >= 15 is 0 Å². The van der Waals surface area contributed by atoms with E-state index in [0.717, 1.165) is 29.0 Å². The summed E-state index contributed by atoms with van der Waals surface area (Å²) in [6, 6.07) is 9.47. The van der Waals surface area contributed by atoms with Crippen LogP contribution in [0.25, 0.3) is 10.9 Å². The molecule has 3 rings (SSSR count). The first-order chi connectivity index (χ1) is 12.5. The van der Waals surface area contributed by atoms with Crippen LogP contribution in [0.1, 0.15) is 11.1 Å². The molecule has 3 aromatic rings. The largest absolute Gasteiger partial charge is 0.490 e. The average molecular weight is 358 g/mol. The topological polar surface area (TPSA) is 54.4 Å². The molecule has 1 unspecified atom stereocenters. The highest BCUT2D eigenvalue weighted by Gasteiger charge is 2.13. The van der Waals surface area contributed by atoms with Gasteiger partial charge in [0.15, 0.2) is 0 Å². The summed E-state index contributed by atoms with van der Waals surface area (Å²) in [5.41, 5.74) is 2.31. The molecule has 2 aromatic carbocycles. The first-order valence-corrected chi connectivity index (χ1v) is 8.31. The van der Waals surface area contributed by atoms with Gasteiger partial charge in [-0.15, -0.1) is 0 Å². The number of aliphatic hydroxyl groups is 1. The van der Waals surface area contributed by atoms with Gasteiger partial charge in [-0.05, 0) is 43.2 Å². The molecule has 26 heavy (non-hydrogen) atoms. The second kappa shape index (κ2) is 7.66. The zero-order chi connectivity index (χ0) is 18.7. The summed E-state index contributed by atoms with van der Waals surface area (Å²) in [5.74, 6) is -0.420. The molecule has 0 saturated carbocycles. The standard InChI is InChI=1S/C20H20F2N2O2/c1-12-4-3-5-13(2)20(12)26-11-14(25)10-24-17-8-9-23-19-16(22)7-6-15(21)18(17)19/h3-9,14,25H,10-11H2,1-2H3,(H,23,24). The Morgan fingerprint density at radius 2 is 1.77 bits per heavy atom. The Kier molecular flexibility index (Phi) is 5.32. The van der Waals surface area contributed by atoms with Crippen LogP contribution in [-0.2, 0) is 0 Å². The number of halogens is 2. The molecule has 0 bridgehead atoms. The smallest absolute Gasteiger partial charge is 0.149 e. The van der Waals surface area contributed by atoms with Gasteiger partial charge in [0.05, 0.1) is 5.39 Å². The molecule has 0 amide bonds. The number of fused-ring (bicyclic) bond motifs is 1. The Hall–Kier alpha value is -2.73. The van der Waals surface area contributed by atoms with Crippen molar-refractivity contribution < 1.29 is 18.6 Å². The number of ether oxygens (including phenoxy) is 1. The number of hydrogen-bond acceptors (Lipinski definition) is 4. The lowest BCUT2D eigenvalue weighted by Gasteiger charge is -2.17. The molecule has 0 aliphatic carbocycles. The highest BCUT2D eigenvalue weighted by atomic mass is 19.1. The van der Waals surface area contributed by atoms with E-state index in [4.69, 9.17) is 4.74 Å². The van der Waals surface area contributed by atoms with Crippen molar-refractivity contribution >= 4 is 16.6 Å². The van der Waals surface area contributed by atoms with Crippen LogP contribution >= 0.6 is 0 Å². The van der Waals surface area contributed by atoms with Gasteiger partial charge in [0.25, 0.3) is 0 Å². The first kappa shape index (κ1) is 18.1. The highest BCUT2D eigenvalue weighted by Crippen LogP contribution is 2.26. The van der Waals surface area contributed by atoms with Gasteiger partial charge in [0.1, 0.15) is 35.6 Å². The van der Waals surface area contributed by atoms with E-state index in [-0.39, 0.29) is 24.1 Å². The van der Waals surface area contributed by atoms with E-state index in [1.807, 2.05) is 32.0 Å².